The first-order valence-corrected chi connectivity index (χ1v) is 5.65. The highest BCUT2D eigenvalue weighted by Gasteiger charge is 2.17. The van der Waals surface area contributed by atoms with Crippen molar-refractivity contribution in [3.05, 3.63) is 34.5 Å². The number of carboxylic acids is 1. The molecule has 5 nitrogen and oxygen atoms in total. The number of aliphatic carboxylic acids is 1. The number of aromatic nitrogens is 1. The number of hydrogen-bond acceptors (Lipinski definition) is 2. The summed E-state index contributed by atoms with van der Waals surface area (Å²) in [5, 5.41) is 12.1. The molecule has 0 aliphatic carbocycles. The number of fused-ring (bicyclic) bond motifs is 1. The van der Waals surface area contributed by atoms with Crippen LogP contribution in [-0.4, -0.2) is 28.5 Å². The number of amides is 1. The molecule has 1 aromatic carbocycles. The molecule has 0 fully saturated rings. The molecule has 1 aromatic heterocycles. The molecule has 0 spiro atoms. The number of para-hydroxylation sites is 1. The average Bonchev–Trinajstić information content (AvgIpc) is 2.64. The van der Waals surface area contributed by atoms with Crippen LogP contribution in [-0.2, 0) is 4.79 Å². The van der Waals surface area contributed by atoms with E-state index in [0.717, 1.165) is 0 Å². The van der Waals surface area contributed by atoms with Crippen LogP contribution in [0.1, 0.15) is 16.1 Å². The number of aryl methyl sites for hydroxylation is 1. The van der Waals surface area contributed by atoms with Gasteiger partial charge in [0.05, 0.1) is 16.1 Å². The van der Waals surface area contributed by atoms with Gasteiger partial charge in [-0.2, -0.15) is 0 Å². The second-order valence-electron chi connectivity index (χ2n) is 3.86. The Hall–Kier alpha value is -2.01. The highest BCUT2D eigenvalue weighted by Crippen LogP contribution is 2.27. The Balaban J connectivity index is 2.44. The average molecular weight is 267 g/mol. The fourth-order valence-corrected chi connectivity index (χ4v) is 2.07. The minimum atomic E-state index is -1.08. The van der Waals surface area contributed by atoms with E-state index in [9.17, 15) is 9.59 Å². The Morgan fingerprint density at radius 2 is 2.17 bits per heavy atom. The van der Waals surface area contributed by atoms with E-state index in [4.69, 9.17) is 16.7 Å². The molecule has 94 valence electrons. The van der Waals surface area contributed by atoms with Crippen molar-refractivity contribution in [1.82, 2.24) is 10.3 Å². The SMILES string of the molecule is Cc1[nH]c2c(Cl)cccc2c1C(=O)NCC(=O)O. The number of benzene rings is 1. The second kappa shape index (κ2) is 4.70. The van der Waals surface area contributed by atoms with Crippen molar-refractivity contribution in [3.8, 4) is 0 Å². The van der Waals surface area contributed by atoms with Crippen molar-refractivity contribution in [2.45, 2.75) is 6.92 Å². The molecule has 18 heavy (non-hydrogen) atoms. The van der Waals surface area contributed by atoms with Crippen LogP contribution in [0.25, 0.3) is 10.9 Å². The van der Waals surface area contributed by atoms with Gasteiger partial charge in [-0.15, -0.1) is 0 Å². The lowest BCUT2D eigenvalue weighted by atomic mass is 10.1. The molecule has 0 unspecified atom stereocenters. The van der Waals surface area contributed by atoms with E-state index in [1.54, 1.807) is 25.1 Å². The standard InChI is InChI=1S/C12H11ClN2O3/c1-6-10(12(18)14-5-9(16)17)7-3-2-4-8(13)11(7)15-6/h2-4,15H,5H2,1H3,(H,14,18)(H,16,17). The Bertz CT molecular complexity index is 634. The number of H-pyrrole nitrogens is 1. The van der Waals surface area contributed by atoms with E-state index in [0.29, 0.717) is 27.2 Å². The maximum Gasteiger partial charge on any atom is 0.322 e. The van der Waals surface area contributed by atoms with Crippen LogP contribution in [0.4, 0.5) is 0 Å². The number of nitrogens with one attached hydrogen (secondary N) is 2. The van der Waals surface area contributed by atoms with Crippen molar-refractivity contribution in [1.29, 1.82) is 0 Å². The monoisotopic (exact) mass is 266 g/mol. The van der Waals surface area contributed by atoms with Gasteiger partial charge < -0.3 is 15.4 Å². The maximum atomic E-state index is 11.9. The van der Waals surface area contributed by atoms with Crippen molar-refractivity contribution >= 4 is 34.4 Å². The zero-order valence-corrected chi connectivity index (χ0v) is 10.3. The molecule has 0 bridgehead atoms. The molecule has 3 N–H and O–H groups in total. The smallest absolute Gasteiger partial charge is 0.322 e. The zero-order valence-electron chi connectivity index (χ0n) is 9.58. The minimum Gasteiger partial charge on any atom is -0.480 e. The summed E-state index contributed by atoms with van der Waals surface area (Å²) in [6.45, 7) is 1.33. The first-order valence-electron chi connectivity index (χ1n) is 5.27. The molecule has 2 aromatic rings. The van der Waals surface area contributed by atoms with Crippen LogP contribution in [0, 0.1) is 6.92 Å². The lowest BCUT2D eigenvalue weighted by Gasteiger charge is -2.02. The predicted octanol–water partition coefficient (Wildman–Crippen LogP) is 1.94. The van der Waals surface area contributed by atoms with Gasteiger partial charge in [-0.1, -0.05) is 23.7 Å². The fraction of sp³-hybridized carbons (Fsp3) is 0.167. The quantitative estimate of drug-likeness (QED) is 0.794. The number of rotatable bonds is 3. The molecule has 0 aliphatic heterocycles. The number of aromatic amines is 1. The van der Waals surface area contributed by atoms with E-state index < -0.39 is 18.4 Å². The molecule has 0 aliphatic rings. The van der Waals surface area contributed by atoms with Crippen LogP contribution in [0.15, 0.2) is 18.2 Å². The Labute approximate surface area is 108 Å². The predicted molar refractivity (Wildman–Crippen MR) is 68.0 cm³/mol. The lowest BCUT2D eigenvalue weighted by molar-refractivity contribution is -0.135. The largest absolute Gasteiger partial charge is 0.480 e. The number of carbonyl (C=O) groups excluding carboxylic acids is 1. The Morgan fingerprint density at radius 1 is 1.44 bits per heavy atom. The topological polar surface area (TPSA) is 82.2 Å². The molecule has 6 heteroatoms. The van der Waals surface area contributed by atoms with Gasteiger partial charge in [-0.25, -0.2) is 0 Å². The third kappa shape index (κ3) is 2.17. The van der Waals surface area contributed by atoms with Gasteiger partial charge in [0.25, 0.3) is 5.91 Å². The van der Waals surface area contributed by atoms with Gasteiger partial charge >= 0.3 is 5.97 Å². The van der Waals surface area contributed by atoms with E-state index >= 15 is 0 Å². The van der Waals surface area contributed by atoms with E-state index in [1.165, 1.54) is 0 Å². The summed E-state index contributed by atoms with van der Waals surface area (Å²) < 4.78 is 0. The van der Waals surface area contributed by atoms with E-state index in [-0.39, 0.29) is 0 Å². The van der Waals surface area contributed by atoms with Gasteiger partial charge in [0, 0.05) is 11.1 Å². The summed E-state index contributed by atoms with van der Waals surface area (Å²) in [7, 11) is 0. The molecule has 0 atom stereocenters. The molecule has 0 radical (unpaired) electrons. The molecular formula is C12H11ClN2O3. The van der Waals surface area contributed by atoms with E-state index in [2.05, 4.69) is 10.3 Å². The first kappa shape index (κ1) is 12.4. The second-order valence-corrected chi connectivity index (χ2v) is 4.27. The van der Waals surface area contributed by atoms with Gasteiger partial charge in [-0.05, 0) is 13.0 Å². The zero-order chi connectivity index (χ0) is 13.3. The minimum absolute atomic E-state index is 0.411. The highest BCUT2D eigenvalue weighted by molar-refractivity contribution is 6.35. The van der Waals surface area contributed by atoms with Gasteiger partial charge in [0.2, 0.25) is 0 Å². The summed E-state index contributed by atoms with van der Waals surface area (Å²) in [4.78, 5) is 25.4. The Morgan fingerprint density at radius 3 is 2.83 bits per heavy atom. The molecule has 1 amide bonds. The molecule has 1 heterocycles. The van der Waals surface area contributed by atoms with Crippen molar-refractivity contribution in [2.24, 2.45) is 0 Å². The molecule has 0 saturated carbocycles. The summed E-state index contributed by atoms with van der Waals surface area (Å²) in [6, 6.07) is 5.23. The normalized spacial score (nSPS) is 10.6. The third-order valence-corrected chi connectivity index (χ3v) is 2.91. The van der Waals surface area contributed by atoms with Crippen LogP contribution in [0.3, 0.4) is 0 Å². The molecule has 2 rings (SSSR count). The van der Waals surface area contributed by atoms with E-state index in [1.807, 2.05) is 0 Å². The van der Waals surface area contributed by atoms with Crippen molar-refractivity contribution in [2.75, 3.05) is 6.54 Å². The van der Waals surface area contributed by atoms with Crippen molar-refractivity contribution in [3.63, 3.8) is 0 Å². The summed E-state index contributed by atoms with van der Waals surface area (Å²) >= 11 is 6.02. The molecule has 0 saturated heterocycles. The first-order chi connectivity index (χ1) is 8.50. The number of carboxylic acid groups (broad SMARTS) is 1. The van der Waals surface area contributed by atoms with Gasteiger partial charge in [0.1, 0.15) is 6.54 Å². The van der Waals surface area contributed by atoms with Crippen LogP contribution in [0.5, 0.6) is 0 Å². The molecular weight excluding hydrogens is 256 g/mol. The van der Waals surface area contributed by atoms with Crippen LogP contribution in [0.2, 0.25) is 5.02 Å². The van der Waals surface area contributed by atoms with Crippen LogP contribution >= 0.6 is 11.6 Å². The highest BCUT2D eigenvalue weighted by atomic mass is 35.5. The fourth-order valence-electron chi connectivity index (χ4n) is 1.85. The number of hydrogen-bond donors (Lipinski definition) is 3. The maximum absolute atomic E-state index is 11.9. The number of halogens is 1. The number of carbonyl (C=O) groups is 2. The van der Waals surface area contributed by atoms with Crippen LogP contribution < -0.4 is 5.32 Å². The Kier molecular flexibility index (Phi) is 3.25. The van der Waals surface area contributed by atoms with Gasteiger partial charge in [0.15, 0.2) is 0 Å². The van der Waals surface area contributed by atoms with Gasteiger partial charge in [-0.3, -0.25) is 9.59 Å². The summed E-state index contributed by atoms with van der Waals surface area (Å²) in [5.74, 6) is -1.51. The summed E-state index contributed by atoms with van der Waals surface area (Å²) in [5.41, 5.74) is 1.76. The third-order valence-electron chi connectivity index (χ3n) is 2.60. The summed E-state index contributed by atoms with van der Waals surface area (Å²) in [6.07, 6.45) is 0. The van der Waals surface area contributed by atoms with Crippen molar-refractivity contribution < 1.29 is 14.7 Å². The lowest BCUT2D eigenvalue weighted by Crippen LogP contribution is -2.29.